The van der Waals surface area contributed by atoms with E-state index in [1.165, 1.54) is 34.0 Å². The minimum atomic E-state index is -0.857. The van der Waals surface area contributed by atoms with Crippen LogP contribution < -0.4 is 19.3 Å². The highest BCUT2D eigenvalue weighted by atomic mass is 16.6. The van der Waals surface area contributed by atoms with E-state index in [-0.39, 0.29) is 21.9 Å². The molecule has 5 aromatic carbocycles. The summed E-state index contributed by atoms with van der Waals surface area (Å²) >= 11 is 0. The van der Waals surface area contributed by atoms with Crippen molar-refractivity contribution >= 4 is 17.1 Å². The van der Waals surface area contributed by atoms with Crippen LogP contribution in [-0.4, -0.2) is 17.8 Å². The Morgan fingerprint density at radius 3 is 2.04 bits per heavy atom. The van der Waals surface area contributed by atoms with Crippen LogP contribution in [0.25, 0.3) is 0 Å². The molecule has 1 spiro atoms. The van der Waals surface area contributed by atoms with Crippen LogP contribution in [0.2, 0.25) is 0 Å². The van der Waals surface area contributed by atoms with Gasteiger partial charge in [-0.2, -0.15) is 0 Å². The number of ether oxygens (including phenoxy) is 2. The summed E-state index contributed by atoms with van der Waals surface area (Å²) in [4.78, 5) is 16.9. The van der Waals surface area contributed by atoms with Gasteiger partial charge in [-0.05, 0) is 48.2 Å². The first kappa shape index (κ1) is 32.6. The second kappa shape index (κ2) is 12.0. The number of rotatable bonds is 7. The first-order valence-corrected chi connectivity index (χ1v) is 17.6. The van der Waals surface area contributed by atoms with Gasteiger partial charge < -0.3 is 19.3 Å². The molecule has 3 heterocycles. The zero-order chi connectivity index (χ0) is 35.5. The number of anilines is 2. The predicted octanol–water partition coefficient (Wildman–Crippen LogP) is 10.0. The van der Waals surface area contributed by atoms with E-state index >= 15 is 0 Å². The van der Waals surface area contributed by atoms with Crippen LogP contribution in [0, 0.1) is 10.1 Å². The standard InChI is InChI=1S/C44H43N3O4/c1-42(2)35-20-12-14-22-37(35)45(28-30-16-8-6-9-17-30)40(42)24-32-27-44(51-41-34(32)25-33(47(48)49)26-39(41)50-5)43(3,4)36-21-13-15-23-38(36)46(44)29-31-18-10-7-11-19-31/h6-26,32H,27-29H2,1-5H3. The van der Waals surface area contributed by atoms with Crippen molar-refractivity contribution < 1.29 is 14.4 Å². The molecular formula is C44H43N3O4. The summed E-state index contributed by atoms with van der Waals surface area (Å²) in [5.41, 5.74) is 7.38. The Balaban J connectivity index is 1.36. The van der Waals surface area contributed by atoms with E-state index in [0.717, 1.165) is 16.9 Å². The number of nitrogens with zero attached hydrogens (tertiary/aromatic N) is 3. The quantitative estimate of drug-likeness (QED) is 0.126. The normalized spacial score (nSPS) is 21.6. The second-order valence-corrected chi connectivity index (χ2v) is 15.0. The Kier molecular flexibility index (Phi) is 7.71. The minimum absolute atomic E-state index is 0.0150. The molecule has 5 aromatic rings. The van der Waals surface area contributed by atoms with Crippen molar-refractivity contribution in [3.8, 4) is 11.5 Å². The molecule has 0 N–H and O–H groups in total. The molecule has 2 unspecified atom stereocenters. The van der Waals surface area contributed by atoms with E-state index in [0.29, 0.717) is 31.0 Å². The summed E-state index contributed by atoms with van der Waals surface area (Å²) in [6, 6.07) is 41.4. The number of hydrogen-bond acceptors (Lipinski definition) is 6. The lowest BCUT2D eigenvalue weighted by atomic mass is 9.70. The van der Waals surface area contributed by atoms with Gasteiger partial charge >= 0.3 is 0 Å². The van der Waals surface area contributed by atoms with Crippen molar-refractivity contribution in [2.45, 2.75) is 69.7 Å². The number of para-hydroxylation sites is 2. The highest BCUT2D eigenvalue weighted by Gasteiger charge is 2.62. The zero-order valence-corrected chi connectivity index (χ0v) is 29.8. The molecule has 0 aliphatic carbocycles. The number of allylic oxidation sites excluding steroid dienone is 2. The Bertz CT molecular complexity index is 2160. The zero-order valence-electron chi connectivity index (χ0n) is 29.8. The fourth-order valence-corrected chi connectivity index (χ4v) is 8.79. The van der Waals surface area contributed by atoms with E-state index in [9.17, 15) is 10.1 Å². The second-order valence-electron chi connectivity index (χ2n) is 15.0. The van der Waals surface area contributed by atoms with Gasteiger partial charge in [-0.15, -0.1) is 0 Å². The molecule has 51 heavy (non-hydrogen) atoms. The van der Waals surface area contributed by atoms with Crippen LogP contribution in [0.5, 0.6) is 11.5 Å². The van der Waals surface area contributed by atoms with Crippen LogP contribution >= 0.6 is 0 Å². The van der Waals surface area contributed by atoms with Crippen LogP contribution in [0.1, 0.15) is 67.9 Å². The van der Waals surface area contributed by atoms with Gasteiger partial charge in [-0.1, -0.05) is 117 Å². The molecule has 0 saturated carbocycles. The van der Waals surface area contributed by atoms with Crippen LogP contribution in [-0.2, 0) is 23.9 Å². The minimum Gasteiger partial charge on any atom is -0.493 e. The van der Waals surface area contributed by atoms with Crippen LogP contribution in [0.15, 0.2) is 133 Å². The van der Waals surface area contributed by atoms with E-state index < -0.39 is 11.1 Å². The molecule has 0 saturated heterocycles. The summed E-state index contributed by atoms with van der Waals surface area (Å²) in [5.74, 6) is 0.664. The third-order valence-corrected chi connectivity index (χ3v) is 11.5. The maximum absolute atomic E-state index is 12.3. The van der Waals surface area contributed by atoms with Crippen molar-refractivity contribution in [1.29, 1.82) is 0 Å². The summed E-state index contributed by atoms with van der Waals surface area (Å²) in [5, 5.41) is 12.3. The Morgan fingerprint density at radius 1 is 0.804 bits per heavy atom. The number of fused-ring (bicyclic) bond motifs is 3. The van der Waals surface area contributed by atoms with Gasteiger partial charge in [0.2, 0.25) is 0 Å². The average Bonchev–Trinajstić information content (AvgIpc) is 3.45. The Morgan fingerprint density at radius 2 is 1.39 bits per heavy atom. The van der Waals surface area contributed by atoms with E-state index in [4.69, 9.17) is 9.47 Å². The van der Waals surface area contributed by atoms with Gasteiger partial charge in [0.25, 0.3) is 5.69 Å². The molecule has 3 aliphatic heterocycles. The third-order valence-electron chi connectivity index (χ3n) is 11.5. The van der Waals surface area contributed by atoms with E-state index in [2.05, 4.69) is 141 Å². The summed E-state index contributed by atoms with van der Waals surface area (Å²) in [6.45, 7) is 10.4. The molecule has 2 atom stereocenters. The number of methoxy groups -OCH3 is 1. The lowest BCUT2D eigenvalue weighted by molar-refractivity contribution is -0.385. The van der Waals surface area contributed by atoms with Gasteiger partial charge in [-0.25, -0.2) is 0 Å². The topological polar surface area (TPSA) is 68.1 Å². The molecule has 3 aliphatic rings. The first-order valence-electron chi connectivity index (χ1n) is 17.6. The molecule has 258 valence electrons. The summed E-state index contributed by atoms with van der Waals surface area (Å²) in [6.07, 6.45) is 2.93. The molecular weight excluding hydrogens is 635 g/mol. The maximum Gasteiger partial charge on any atom is 0.273 e. The number of hydrogen-bond donors (Lipinski definition) is 0. The fourth-order valence-electron chi connectivity index (χ4n) is 8.79. The number of nitro groups is 1. The first-order chi connectivity index (χ1) is 24.5. The Hall–Kier alpha value is -5.56. The molecule has 7 heteroatoms. The van der Waals surface area contributed by atoms with E-state index in [1.807, 2.05) is 12.1 Å². The van der Waals surface area contributed by atoms with Gasteiger partial charge in [-0.3, -0.25) is 10.1 Å². The lowest BCUT2D eigenvalue weighted by Gasteiger charge is -2.52. The van der Waals surface area contributed by atoms with Gasteiger partial charge in [0, 0.05) is 59.5 Å². The largest absolute Gasteiger partial charge is 0.493 e. The summed E-state index contributed by atoms with van der Waals surface area (Å²) in [7, 11) is 1.56. The third kappa shape index (κ3) is 5.09. The van der Waals surface area contributed by atoms with Crippen molar-refractivity contribution in [2.75, 3.05) is 16.9 Å². The van der Waals surface area contributed by atoms with Crippen LogP contribution in [0.4, 0.5) is 17.1 Å². The number of nitro benzene ring substituents is 1. The molecule has 0 bridgehead atoms. The molecule has 7 nitrogen and oxygen atoms in total. The highest BCUT2D eigenvalue weighted by molar-refractivity contribution is 5.72. The van der Waals surface area contributed by atoms with E-state index in [1.54, 1.807) is 13.2 Å². The Labute approximate surface area is 299 Å². The summed E-state index contributed by atoms with van der Waals surface area (Å²) < 4.78 is 13.3. The SMILES string of the molecule is COc1cc([N+](=O)[O-])cc2c1OC1(CC2C=C2N(Cc3ccccc3)c3ccccc3C2(C)C)N(Cc2ccccc2)c2ccccc2C1(C)C. The van der Waals surface area contributed by atoms with Crippen molar-refractivity contribution in [3.05, 3.63) is 171 Å². The van der Waals surface area contributed by atoms with Gasteiger partial charge in [0.1, 0.15) is 0 Å². The maximum atomic E-state index is 12.3. The molecule has 0 aromatic heterocycles. The van der Waals surface area contributed by atoms with Crippen molar-refractivity contribution in [3.63, 3.8) is 0 Å². The van der Waals surface area contributed by atoms with Crippen molar-refractivity contribution in [2.24, 2.45) is 0 Å². The van der Waals surface area contributed by atoms with Crippen LogP contribution in [0.3, 0.4) is 0 Å². The highest BCUT2D eigenvalue weighted by Crippen LogP contribution is 2.61. The predicted molar refractivity (Wildman–Crippen MR) is 203 cm³/mol. The monoisotopic (exact) mass is 677 g/mol. The molecule has 8 rings (SSSR count). The average molecular weight is 678 g/mol. The number of benzene rings is 5. The molecule has 0 fully saturated rings. The lowest BCUT2D eigenvalue weighted by Crippen LogP contribution is -2.61. The van der Waals surface area contributed by atoms with Gasteiger partial charge in [0.05, 0.1) is 23.5 Å². The molecule has 0 radical (unpaired) electrons. The molecule has 0 amide bonds. The van der Waals surface area contributed by atoms with Crippen molar-refractivity contribution in [1.82, 2.24) is 0 Å². The van der Waals surface area contributed by atoms with Gasteiger partial charge in [0.15, 0.2) is 17.2 Å². The number of non-ortho nitro benzene ring substituents is 1. The fraction of sp³-hybridized carbons (Fsp3) is 0.273. The smallest absolute Gasteiger partial charge is 0.273 e.